The van der Waals surface area contributed by atoms with E-state index in [-0.39, 0.29) is 27.7 Å². The number of benzene rings is 1. The molecule has 1 rings (SSSR count). The van der Waals surface area contributed by atoms with Crippen LogP contribution in [0.1, 0.15) is 55.2 Å². The molecule has 1 aromatic rings. The van der Waals surface area contributed by atoms with Gasteiger partial charge in [0.15, 0.2) is 0 Å². The molecule has 1 aromatic carbocycles. The Hall–Kier alpha value is -2.37. The summed E-state index contributed by atoms with van der Waals surface area (Å²) < 4.78 is 28.0. The summed E-state index contributed by atoms with van der Waals surface area (Å²) >= 11 is 1.53. The predicted molar refractivity (Wildman–Crippen MR) is 177 cm³/mol. The lowest BCUT2D eigenvalue weighted by molar-refractivity contribution is -0.121. The Kier molecular flexibility index (Phi) is 29.9. The van der Waals surface area contributed by atoms with Gasteiger partial charge in [-0.1, -0.05) is 45.6 Å². The summed E-state index contributed by atoms with van der Waals surface area (Å²) in [4.78, 5) is 23.9. The highest BCUT2D eigenvalue weighted by molar-refractivity contribution is 7.99. The van der Waals surface area contributed by atoms with Gasteiger partial charge in [0.25, 0.3) is 5.91 Å². The molecule has 42 heavy (non-hydrogen) atoms. The molecule has 0 saturated heterocycles. The predicted octanol–water partition coefficient (Wildman–Crippen LogP) is 3.99. The zero-order chi connectivity index (χ0) is 30.6. The van der Waals surface area contributed by atoms with Crippen LogP contribution in [-0.4, -0.2) is 96.0 Å². The highest BCUT2D eigenvalue weighted by Gasteiger charge is 2.10. The standard InChI is InChI=1S/C28H45N3O7S.C2H6.H3N.3H2/c1-23(2)7-5-14-34-16-13-30-26(32)10-6-15-35-17-18-36-19-20-37-27(39-3)22-38-25-9-4-8-24(21-25)28(33)31-12-11-29;1-2;;;;/h4,8-9,21,23,27H,6,10-20,22,29H2,1-3H3,(H,30,32)(H,31,33);1-2H3;1H3;3*1H/t27-;;;;;/m1...../s1. The van der Waals surface area contributed by atoms with Gasteiger partial charge in [0.1, 0.15) is 24.4 Å². The molecular weight excluding hydrogens is 560 g/mol. The molecule has 12 heteroatoms. The van der Waals surface area contributed by atoms with Crippen LogP contribution >= 0.6 is 11.8 Å². The van der Waals surface area contributed by atoms with E-state index in [1.165, 1.54) is 11.8 Å². The van der Waals surface area contributed by atoms with Crippen LogP contribution in [0.4, 0.5) is 0 Å². The average Bonchev–Trinajstić information content (AvgIpc) is 2.98. The second-order valence-corrected chi connectivity index (χ2v) is 9.62. The maximum Gasteiger partial charge on any atom is 0.251 e. The maximum absolute atomic E-state index is 12.1. The molecule has 0 fully saturated rings. The van der Waals surface area contributed by atoms with Crippen molar-refractivity contribution in [1.82, 2.24) is 16.8 Å². The van der Waals surface area contributed by atoms with Crippen molar-refractivity contribution >= 4 is 23.6 Å². The lowest BCUT2D eigenvalue weighted by Gasteiger charge is -2.17. The largest absolute Gasteiger partial charge is 0.490 e. The van der Waals surface area contributed by atoms with Gasteiger partial charge in [-0.05, 0) is 30.9 Å². The van der Waals surface area contributed by atoms with Crippen molar-refractivity contribution < 1.29 is 37.6 Å². The Labute approximate surface area is 261 Å². The number of rotatable bonds is 22. The fraction of sp³-hybridized carbons (Fsp3) is 0.667. The minimum Gasteiger partial charge on any atom is -0.490 e. The highest BCUT2D eigenvalue weighted by Crippen LogP contribution is 2.16. The van der Waals surface area contributed by atoms with E-state index in [9.17, 15) is 9.59 Å². The molecule has 0 heterocycles. The first kappa shape index (κ1) is 41.8. The van der Waals surface area contributed by atoms with Gasteiger partial charge in [0.2, 0.25) is 5.91 Å². The number of thioether (sulfide) groups is 1. The molecule has 0 aliphatic heterocycles. The van der Waals surface area contributed by atoms with Gasteiger partial charge in [-0.3, -0.25) is 9.59 Å². The Morgan fingerprint density at radius 3 is 2.40 bits per heavy atom. The Morgan fingerprint density at radius 2 is 1.71 bits per heavy atom. The molecule has 248 valence electrons. The van der Waals surface area contributed by atoms with E-state index in [0.717, 1.165) is 0 Å². The average molecular weight is 621 g/mol. The van der Waals surface area contributed by atoms with Crippen LogP contribution in [0, 0.1) is 17.8 Å². The number of hydrogen-bond donors (Lipinski definition) is 4. The summed E-state index contributed by atoms with van der Waals surface area (Å²) in [5.74, 6) is 6.68. The fourth-order valence-electron chi connectivity index (χ4n) is 2.98. The fourth-order valence-corrected chi connectivity index (χ4v) is 3.42. The third-order valence-corrected chi connectivity index (χ3v) is 5.70. The summed E-state index contributed by atoms with van der Waals surface area (Å²) in [6, 6.07) is 6.99. The molecule has 7 N–H and O–H groups in total. The Morgan fingerprint density at radius 1 is 1.00 bits per heavy atom. The van der Waals surface area contributed by atoms with E-state index in [1.54, 1.807) is 24.3 Å². The number of ether oxygens (including phenoxy) is 5. The molecule has 1 atom stereocenters. The molecule has 0 radical (unpaired) electrons. The third kappa shape index (κ3) is 24.2. The van der Waals surface area contributed by atoms with Crippen molar-refractivity contribution in [2.75, 3.05) is 78.7 Å². The summed E-state index contributed by atoms with van der Waals surface area (Å²) in [6.45, 7) is 12.8. The van der Waals surface area contributed by atoms with Crippen LogP contribution in [0.3, 0.4) is 0 Å². The van der Waals surface area contributed by atoms with Gasteiger partial charge >= 0.3 is 0 Å². The van der Waals surface area contributed by atoms with Gasteiger partial charge in [-0.2, -0.15) is 0 Å². The number of hydrogen-bond acceptors (Lipinski definition) is 10. The van der Waals surface area contributed by atoms with Crippen molar-refractivity contribution in [3.63, 3.8) is 0 Å². The zero-order valence-electron chi connectivity index (χ0n) is 26.2. The second kappa shape index (κ2) is 30.1. The summed E-state index contributed by atoms with van der Waals surface area (Å²) in [5, 5.41) is 5.55. The van der Waals surface area contributed by atoms with Crippen LogP contribution < -0.4 is 27.3 Å². The van der Waals surface area contributed by atoms with Crippen LogP contribution in [0.15, 0.2) is 24.3 Å². The summed E-state index contributed by atoms with van der Waals surface area (Å²) in [5.41, 5.74) is 5.77. The smallest absolute Gasteiger partial charge is 0.251 e. The number of carbonyl (C=O) groups is 2. The van der Waals surface area contributed by atoms with E-state index >= 15 is 0 Å². The molecule has 2 amide bonds. The molecule has 0 spiro atoms. The lowest BCUT2D eigenvalue weighted by atomic mass is 10.2. The van der Waals surface area contributed by atoms with Crippen molar-refractivity contribution in [2.24, 2.45) is 11.7 Å². The Bertz CT molecular complexity index is 881. The first-order chi connectivity index (χ1) is 20.0. The monoisotopic (exact) mass is 620 g/mol. The number of carbonyl (C=O) groups excluding carboxylic acids is 2. The first-order valence-corrected chi connectivity index (χ1v) is 15.6. The summed E-state index contributed by atoms with van der Waals surface area (Å²) in [7, 11) is 0. The van der Waals surface area contributed by atoms with Gasteiger partial charge in [0.05, 0.1) is 33.0 Å². The molecule has 0 bridgehead atoms. The normalized spacial score (nSPS) is 10.8. The quantitative estimate of drug-likeness (QED) is 0.0846. The molecule has 0 aromatic heterocycles. The van der Waals surface area contributed by atoms with Gasteiger partial charge in [-0.15, -0.1) is 11.8 Å². The van der Waals surface area contributed by atoms with Gasteiger partial charge in [-0.25, -0.2) is 0 Å². The molecule has 0 saturated carbocycles. The minimum atomic E-state index is -0.185. The number of nitrogens with two attached hydrogens (primary N) is 1. The summed E-state index contributed by atoms with van der Waals surface area (Å²) in [6.07, 6.45) is 3.00. The van der Waals surface area contributed by atoms with Crippen LogP contribution in [0.25, 0.3) is 0 Å². The van der Waals surface area contributed by atoms with Gasteiger partial charge in [0, 0.05) is 48.4 Å². The van der Waals surface area contributed by atoms with E-state index < -0.39 is 0 Å². The molecular formula is C30H60N4O7S. The highest BCUT2D eigenvalue weighted by atomic mass is 32.2. The SMILES string of the molecule is CC.CS[C@H](COc1cccc(C(=O)NCCN)c1)OCCOCCOCCCC(=O)NCCOCC#CC(C)C.N.[HH].[HH].[HH]. The molecule has 0 unspecified atom stereocenters. The van der Waals surface area contributed by atoms with E-state index in [4.69, 9.17) is 29.4 Å². The molecule has 0 aliphatic rings. The third-order valence-electron chi connectivity index (χ3n) is 4.90. The van der Waals surface area contributed by atoms with Crippen molar-refractivity contribution in [3.8, 4) is 17.6 Å². The first-order valence-electron chi connectivity index (χ1n) is 14.3. The lowest BCUT2D eigenvalue weighted by Crippen LogP contribution is -2.29. The maximum atomic E-state index is 12.1. The van der Waals surface area contributed by atoms with Crippen LogP contribution in [0.5, 0.6) is 5.75 Å². The van der Waals surface area contributed by atoms with Crippen molar-refractivity contribution in [1.29, 1.82) is 0 Å². The number of amides is 2. The number of nitrogens with one attached hydrogen (secondary N) is 2. The minimum absolute atomic E-state index is 0. The van der Waals surface area contributed by atoms with Gasteiger partial charge < -0.3 is 46.2 Å². The molecule has 11 nitrogen and oxygen atoms in total. The van der Waals surface area contributed by atoms with Crippen LogP contribution in [0.2, 0.25) is 0 Å². The van der Waals surface area contributed by atoms with Crippen molar-refractivity contribution in [3.05, 3.63) is 29.8 Å². The topological polar surface area (TPSA) is 165 Å². The second-order valence-electron chi connectivity index (χ2n) is 8.63. The van der Waals surface area contributed by atoms with E-state index in [1.807, 2.05) is 34.0 Å². The van der Waals surface area contributed by atoms with Crippen LogP contribution in [-0.2, 0) is 23.7 Å². The van der Waals surface area contributed by atoms with E-state index in [0.29, 0.717) is 103 Å². The van der Waals surface area contributed by atoms with Crippen molar-refractivity contribution in [2.45, 2.75) is 46.0 Å². The molecule has 0 aliphatic carbocycles. The Balaban J connectivity index is -0.000000870. The van der Waals surface area contributed by atoms with E-state index in [2.05, 4.69) is 22.5 Å². The zero-order valence-corrected chi connectivity index (χ0v) is 27.0.